The monoisotopic (exact) mass is 693 g/mol. The number of aryl methyl sites for hydroxylation is 1. The van der Waals surface area contributed by atoms with Gasteiger partial charge in [-0.25, -0.2) is 19.9 Å². The van der Waals surface area contributed by atoms with Gasteiger partial charge in [-0.05, 0) is 67.8 Å². The van der Waals surface area contributed by atoms with Gasteiger partial charge >= 0.3 is 18.3 Å². The number of amides is 3. The van der Waals surface area contributed by atoms with Crippen molar-refractivity contribution in [1.82, 2.24) is 25.6 Å². The van der Waals surface area contributed by atoms with Crippen molar-refractivity contribution in [2.45, 2.75) is 39.1 Å². The first kappa shape index (κ1) is 33.8. The molecule has 3 amide bonds. The third-order valence-corrected chi connectivity index (χ3v) is 8.30. The molecule has 0 saturated carbocycles. The van der Waals surface area contributed by atoms with Gasteiger partial charge in [0, 0.05) is 11.6 Å². The Morgan fingerprint density at radius 3 is 2.38 bits per heavy atom. The van der Waals surface area contributed by atoms with E-state index < -0.39 is 24.1 Å². The van der Waals surface area contributed by atoms with Crippen LogP contribution in [0, 0.1) is 13.8 Å². The highest BCUT2D eigenvalue weighted by molar-refractivity contribution is 8.15. The van der Waals surface area contributed by atoms with Crippen molar-refractivity contribution in [3.8, 4) is 22.8 Å². The molecule has 1 fully saturated rings. The maximum absolute atomic E-state index is 13.2. The summed E-state index contributed by atoms with van der Waals surface area (Å²) in [7, 11) is 0. The number of carbonyl (C=O) groups excluding carboxylic acids is 2. The number of hydrazine groups is 1. The first-order valence-electron chi connectivity index (χ1n) is 13.8. The molecule has 0 spiro atoms. The molecule has 0 radical (unpaired) electrons. The second-order valence-corrected chi connectivity index (χ2v) is 11.6. The lowest BCUT2D eigenvalue weighted by Crippen LogP contribution is -2.41. The van der Waals surface area contributed by atoms with Crippen LogP contribution in [0.4, 0.5) is 32.4 Å². The van der Waals surface area contributed by atoms with E-state index >= 15 is 0 Å². The summed E-state index contributed by atoms with van der Waals surface area (Å²) in [6.45, 7) is 5.55. The number of thioether (sulfide) groups is 1. The summed E-state index contributed by atoms with van der Waals surface area (Å²) in [5, 5.41) is 4.92. The maximum atomic E-state index is 13.2. The molecule has 1 atom stereocenters. The standard InChI is InChI=1S/C30H25ClF5N7O3S/c1-16-4-13-23(31)25(17(16)2)43-24(44)14-47-28(43)38-27(45)40-39-18(3)19-5-7-20(8-6-19)26-37-15-42(41-26)21-9-11-22(12-10-21)46-30(35,36)29(32,33)34/h4-13,15,18,39H,14H2,1-3H3,(H,40,45)/b38-28-. The fourth-order valence-electron chi connectivity index (χ4n) is 4.39. The fraction of sp³-hybridized carbons (Fsp3) is 0.233. The topological polar surface area (TPSA) is 114 Å². The molecule has 47 heavy (non-hydrogen) atoms. The summed E-state index contributed by atoms with van der Waals surface area (Å²) in [5.74, 6) is -0.470. The minimum atomic E-state index is -5.85. The second kappa shape index (κ2) is 13.3. The first-order valence-corrected chi connectivity index (χ1v) is 15.1. The normalized spacial score (nSPS) is 15.3. The Morgan fingerprint density at radius 2 is 1.72 bits per heavy atom. The number of aliphatic imine (C=N–C) groups is 1. The van der Waals surface area contributed by atoms with Crippen LogP contribution in [0.15, 0.2) is 72.0 Å². The predicted molar refractivity (Wildman–Crippen MR) is 167 cm³/mol. The Morgan fingerprint density at radius 1 is 1.04 bits per heavy atom. The number of aromatic nitrogens is 3. The van der Waals surface area contributed by atoms with Crippen LogP contribution >= 0.6 is 23.4 Å². The largest absolute Gasteiger partial charge is 0.499 e. The Labute approximate surface area is 273 Å². The number of nitrogens with one attached hydrogen (secondary N) is 2. The average Bonchev–Trinajstić information content (AvgIpc) is 3.65. The Hall–Kier alpha value is -4.54. The van der Waals surface area contributed by atoms with E-state index in [0.29, 0.717) is 27.8 Å². The Balaban J connectivity index is 1.20. The van der Waals surface area contributed by atoms with Crippen molar-refractivity contribution < 1.29 is 36.3 Å². The number of hydrogen-bond acceptors (Lipinski definition) is 7. The van der Waals surface area contributed by atoms with Gasteiger partial charge in [-0.1, -0.05) is 53.7 Å². The zero-order chi connectivity index (χ0) is 34.1. The number of nitrogens with zero attached hydrogens (tertiary/aromatic N) is 5. The number of halogens is 6. The molecule has 1 aromatic heterocycles. The van der Waals surface area contributed by atoms with Gasteiger partial charge in [-0.3, -0.25) is 15.1 Å². The van der Waals surface area contributed by atoms with E-state index in [1.165, 1.54) is 28.0 Å². The molecular weight excluding hydrogens is 669 g/mol. The minimum absolute atomic E-state index is 0.118. The van der Waals surface area contributed by atoms with Gasteiger partial charge in [-0.15, -0.1) is 5.10 Å². The molecule has 4 aromatic rings. The van der Waals surface area contributed by atoms with Crippen LogP contribution in [-0.4, -0.2) is 49.9 Å². The summed E-state index contributed by atoms with van der Waals surface area (Å²) >= 11 is 7.53. The van der Waals surface area contributed by atoms with Gasteiger partial charge in [0.1, 0.15) is 12.1 Å². The van der Waals surface area contributed by atoms with E-state index in [1.807, 2.05) is 26.8 Å². The van der Waals surface area contributed by atoms with Gasteiger partial charge in [-0.2, -0.15) is 26.9 Å². The van der Waals surface area contributed by atoms with Gasteiger partial charge in [0.2, 0.25) is 5.91 Å². The van der Waals surface area contributed by atoms with E-state index in [-0.39, 0.29) is 22.9 Å². The van der Waals surface area contributed by atoms with Crippen molar-refractivity contribution in [3.63, 3.8) is 0 Å². The Kier molecular flexibility index (Phi) is 9.56. The molecule has 1 unspecified atom stereocenters. The second-order valence-electron chi connectivity index (χ2n) is 10.3. The molecule has 5 rings (SSSR count). The zero-order valence-corrected chi connectivity index (χ0v) is 26.3. The smallest absolute Gasteiger partial charge is 0.426 e. The molecule has 2 N–H and O–H groups in total. The molecular formula is C30H25ClF5N7O3S. The SMILES string of the molecule is Cc1ccc(Cl)c(N2C(=O)CS/C2=N\C(=O)NNC(C)c2ccc(-c3ncn(-c4ccc(OC(F)(F)C(F)(F)F)cc4)n3)cc2)c1C. The number of benzene rings is 3. The van der Waals surface area contributed by atoms with Crippen molar-refractivity contribution in [3.05, 3.63) is 88.7 Å². The molecule has 1 aliphatic rings. The molecule has 1 saturated heterocycles. The van der Waals surface area contributed by atoms with Crippen LogP contribution in [0.25, 0.3) is 17.1 Å². The summed E-state index contributed by atoms with van der Waals surface area (Å²) in [6.07, 6.45) is -9.83. The van der Waals surface area contributed by atoms with E-state index in [1.54, 1.807) is 30.3 Å². The summed E-state index contributed by atoms with van der Waals surface area (Å²) < 4.78 is 68.6. The molecule has 0 aliphatic carbocycles. The van der Waals surface area contributed by atoms with Gasteiger partial charge in [0.15, 0.2) is 11.0 Å². The highest BCUT2D eigenvalue weighted by Crippen LogP contribution is 2.38. The molecule has 0 bridgehead atoms. The molecule has 3 aromatic carbocycles. The number of carbonyl (C=O) groups is 2. The average molecular weight is 694 g/mol. The number of ether oxygens (including phenoxy) is 1. The van der Waals surface area contributed by atoms with Crippen LogP contribution < -0.4 is 20.5 Å². The molecule has 17 heteroatoms. The van der Waals surface area contributed by atoms with Gasteiger partial charge < -0.3 is 4.74 Å². The summed E-state index contributed by atoms with van der Waals surface area (Å²) in [4.78, 5) is 35.0. The first-order chi connectivity index (χ1) is 22.1. The predicted octanol–water partition coefficient (Wildman–Crippen LogP) is 7.15. The number of anilines is 1. The maximum Gasteiger partial charge on any atom is 0.499 e. The number of amidine groups is 1. The van der Waals surface area contributed by atoms with Crippen LogP contribution in [0.1, 0.15) is 29.7 Å². The number of urea groups is 1. The van der Waals surface area contributed by atoms with Gasteiger partial charge in [0.05, 0.1) is 22.2 Å². The van der Waals surface area contributed by atoms with Crippen molar-refractivity contribution in [2.75, 3.05) is 10.7 Å². The lowest BCUT2D eigenvalue weighted by Gasteiger charge is -2.21. The summed E-state index contributed by atoms with van der Waals surface area (Å²) in [6, 6.07) is 14.0. The molecule has 246 valence electrons. The van der Waals surface area contributed by atoms with E-state index in [0.717, 1.165) is 40.6 Å². The third kappa shape index (κ3) is 7.39. The van der Waals surface area contributed by atoms with Crippen molar-refractivity contribution in [2.24, 2.45) is 4.99 Å². The molecule has 10 nitrogen and oxygen atoms in total. The third-order valence-electron chi connectivity index (χ3n) is 7.07. The van der Waals surface area contributed by atoms with Crippen LogP contribution in [-0.2, 0) is 4.79 Å². The lowest BCUT2D eigenvalue weighted by atomic mass is 10.1. The highest BCUT2D eigenvalue weighted by Gasteiger charge is 2.61. The van der Waals surface area contributed by atoms with Crippen LogP contribution in [0.2, 0.25) is 5.02 Å². The quantitative estimate of drug-likeness (QED) is 0.149. The molecule has 1 aliphatic heterocycles. The van der Waals surface area contributed by atoms with Crippen LogP contribution in [0.3, 0.4) is 0 Å². The van der Waals surface area contributed by atoms with E-state index in [4.69, 9.17) is 11.6 Å². The Bertz CT molecular complexity index is 1830. The van der Waals surface area contributed by atoms with Crippen molar-refractivity contribution in [1.29, 1.82) is 0 Å². The summed E-state index contributed by atoms with van der Waals surface area (Å²) in [5.41, 5.74) is 9.42. The van der Waals surface area contributed by atoms with Gasteiger partial charge in [0.25, 0.3) is 0 Å². The zero-order valence-electron chi connectivity index (χ0n) is 24.8. The highest BCUT2D eigenvalue weighted by atomic mass is 35.5. The molecule has 2 heterocycles. The van der Waals surface area contributed by atoms with E-state index in [2.05, 4.69) is 30.7 Å². The number of rotatable bonds is 8. The number of alkyl halides is 5. The fourth-order valence-corrected chi connectivity index (χ4v) is 5.53. The van der Waals surface area contributed by atoms with E-state index in [9.17, 15) is 31.5 Å². The van der Waals surface area contributed by atoms with Crippen molar-refractivity contribution >= 4 is 46.2 Å². The lowest BCUT2D eigenvalue weighted by molar-refractivity contribution is -0.360. The number of hydrogen-bond donors (Lipinski definition) is 2. The van der Waals surface area contributed by atoms with Crippen LogP contribution in [0.5, 0.6) is 5.75 Å². The minimum Gasteiger partial charge on any atom is -0.426 e.